The minimum Gasteiger partial charge on any atom is -0.496 e. The third kappa shape index (κ3) is 6.77. The van der Waals surface area contributed by atoms with Crippen LogP contribution in [0.15, 0.2) is 66.7 Å². The summed E-state index contributed by atoms with van der Waals surface area (Å²) < 4.78 is 6.04. The molecule has 0 saturated carbocycles. The van der Waals surface area contributed by atoms with Crippen molar-refractivity contribution in [2.24, 2.45) is 0 Å². The van der Waals surface area contributed by atoms with E-state index in [1.807, 2.05) is 24.3 Å². The maximum Gasteiger partial charge on any atom is 0.257 e. The van der Waals surface area contributed by atoms with Crippen LogP contribution in [0.2, 0.25) is 0 Å². The van der Waals surface area contributed by atoms with Crippen LogP contribution in [0.4, 0.5) is 11.4 Å². The van der Waals surface area contributed by atoms with E-state index in [-0.39, 0.29) is 22.3 Å². The van der Waals surface area contributed by atoms with Gasteiger partial charge in [0.1, 0.15) is 5.75 Å². The first-order chi connectivity index (χ1) is 16.1. The fourth-order valence-corrected chi connectivity index (χ4v) is 4.09. The Bertz CT molecular complexity index is 1220. The zero-order valence-electron chi connectivity index (χ0n) is 19.4. The lowest BCUT2D eigenvalue weighted by atomic mass is 9.87. The smallest absolute Gasteiger partial charge is 0.257 e. The van der Waals surface area contributed by atoms with Gasteiger partial charge in [-0.3, -0.25) is 14.9 Å². The minimum absolute atomic E-state index is 0.0225. The van der Waals surface area contributed by atoms with E-state index in [0.29, 0.717) is 28.3 Å². The quantitative estimate of drug-likeness (QED) is 0.253. The van der Waals surface area contributed by atoms with Gasteiger partial charge in [-0.15, -0.1) is 0 Å². The number of rotatable bonds is 5. The predicted molar refractivity (Wildman–Crippen MR) is 149 cm³/mol. The van der Waals surface area contributed by atoms with Gasteiger partial charge in [0, 0.05) is 22.5 Å². The molecule has 0 spiro atoms. The molecule has 3 N–H and O–H groups in total. The minimum atomic E-state index is -0.332. The third-order valence-corrected chi connectivity index (χ3v) is 6.08. The lowest BCUT2D eigenvalue weighted by Gasteiger charge is -2.19. The first kappa shape index (κ1) is 25.6. The van der Waals surface area contributed by atoms with E-state index < -0.39 is 0 Å². The number of benzene rings is 3. The summed E-state index contributed by atoms with van der Waals surface area (Å²) in [6.07, 6.45) is 0. The van der Waals surface area contributed by atoms with Crippen LogP contribution in [0, 0.1) is 3.57 Å². The van der Waals surface area contributed by atoms with Gasteiger partial charge in [0.2, 0.25) is 0 Å². The number of amides is 2. The Balaban J connectivity index is 1.61. The van der Waals surface area contributed by atoms with Crippen molar-refractivity contribution in [3.63, 3.8) is 0 Å². The number of thiocarbonyl (C=S) groups is 1. The summed E-state index contributed by atoms with van der Waals surface area (Å²) in [7, 11) is 1.58. The van der Waals surface area contributed by atoms with Gasteiger partial charge in [0.15, 0.2) is 5.11 Å². The summed E-state index contributed by atoms with van der Waals surface area (Å²) in [5.41, 5.74) is 3.46. The van der Waals surface area contributed by atoms with Crippen molar-refractivity contribution in [2.45, 2.75) is 26.2 Å². The molecule has 3 aromatic rings. The van der Waals surface area contributed by atoms with E-state index in [4.69, 9.17) is 17.0 Å². The fourth-order valence-electron chi connectivity index (χ4n) is 3.14. The average molecular weight is 587 g/mol. The van der Waals surface area contributed by atoms with Crippen LogP contribution in [0.5, 0.6) is 5.75 Å². The summed E-state index contributed by atoms with van der Waals surface area (Å²) >= 11 is 7.39. The van der Waals surface area contributed by atoms with Crippen molar-refractivity contribution in [1.82, 2.24) is 5.32 Å². The van der Waals surface area contributed by atoms with Gasteiger partial charge in [-0.2, -0.15) is 0 Å². The molecule has 0 saturated heterocycles. The van der Waals surface area contributed by atoms with Crippen LogP contribution in [-0.2, 0) is 5.41 Å². The molecule has 176 valence electrons. The van der Waals surface area contributed by atoms with Crippen LogP contribution in [-0.4, -0.2) is 24.0 Å². The molecular formula is C26H26IN3O3S. The molecule has 3 aromatic carbocycles. The first-order valence-electron chi connectivity index (χ1n) is 10.5. The molecule has 6 nitrogen and oxygen atoms in total. The molecule has 0 fully saturated rings. The Hall–Kier alpha value is -2.98. The number of hydrogen-bond donors (Lipinski definition) is 3. The zero-order valence-corrected chi connectivity index (χ0v) is 22.3. The van der Waals surface area contributed by atoms with Crippen molar-refractivity contribution in [3.8, 4) is 5.75 Å². The summed E-state index contributed by atoms with van der Waals surface area (Å²) in [4.78, 5) is 25.2. The lowest BCUT2D eigenvalue weighted by molar-refractivity contribution is 0.0976. The molecule has 3 rings (SSSR count). The van der Waals surface area contributed by atoms with Crippen molar-refractivity contribution < 1.29 is 14.3 Å². The van der Waals surface area contributed by atoms with Crippen LogP contribution in [0.25, 0.3) is 0 Å². The number of hydrogen-bond acceptors (Lipinski definition) is 4. The van der Waals surface area contributed by atoms with Crippen molar-refractivity contribution in [2.75, 3.05) is 17.7 Å². The molecule has 8 heteroatoms. The maximum absolute atomic E-state index is 12.7. The van der Waals surface area contributed by atoms with Crippen LogP contribution in [0.1, 0.15) is 47.1 Å². The Morgan fingerprint density at radius 3 is 2.06 bits per heavy atom. The molecule has 34 heavy (non-hydrogen) atoms. The molecule has 2 amide bonds. The van der Waals surface area contributed by atoms with E-state index in [1.165, 1.54) is 0 Å². The van der Waals surface area contributed by atoms with Gasteiger partial charge in [-0.05, 0) is 94.3 Å². The van der Waals surface area contributed by atoms with Crippen LogP contribution in [0.3, 0.4) is 0 Å². The van der Waals surface area contributed by atoms with Crippen molar-refractivity contribution in [1.29, 1.82) is 0 Å². The molecule has 0 heterocycles. The molecule has 0 bridgehead atoms. The van der Waals surface area contributed by atoms with Crippen LogP contribution < -0.4 is 20.7 Å². The highest BCUT2D eigenvalue weighted by Gasteiger charge is 2.15. The summed E-state index contributed by atoms with van der Waals surface area (Å²) in [5.74, 6) is 0.158. The molecule has 0 atom stereocenters. The number of carbonyl (C=O) groups is 2. The molecule has 0 aliphatic carbocycles. The van der Waals surface area contributed by atoms with E-state index >= 15 is 0 Å². The van der Waals surface area contributed by atoms with Crippen LogP contribution >= 0.6 is 34.8 Å². The van der Waals surface area contributed by atoms with Gasteiger partial charge in [0.25, 0.3) is 11.8 Å². The summed E-state index contributed by atoms with van der Waals surface area (Å²) in [5, 5.41) is 8.68. The van der Waals surface area contributed by atoms with E-state index in [9.17, 15) is 9.59 Å². The number of nitrogens with one attached hydrogen (secondary N) is 3. The third-order valence-electron chi connectivity index (χ3n) is 5.03. The maximum atomic E-state index is 12.7. The summed E-state index contributed by atoms with van der Waals surface area (Å²) in [6.45, 7) is 6.39. The van der Waals surface area contributed by atoms with Crippen molar-refractivity contribution in [3.05, 3.63) is 87.0 Å². The number of carbonyl (C=O) groups excluding carboxylic acids is 2. The second kappa shape index (κ2) is 11.0. The van der Waals surface area contributed by atoms with Gasteiger partial charge in [-0.25, -0.2) is 0 Å². The Labute approximate surface area is 218 Å². The van der Waals surface area contributed by atoms with E-state index in [0.717, 1.165) is 9.13 Å². The molecule has 0 aliphatic heterocycles. The first-order valence-corrected chi connectivity index (χ1v) is 12.0. The SMILES string of the molecule is COc1ccc(C(=O)NC(=S)Nc2cccc(NC(=O)c3ccc(C(C)(C)C)cc3)c2)cc1I. The van der Waals surface area contributed by atoms with E-state index in [2.05, 4.69) is 59.3 Å². The largest absolute Gasteiger partial charge is 0.496 e. The molecule has 0 unspecified atom stereocenters. The Morgan fingerprint density at radius 2 is 1.47 bits per heavy atom. The van der Waals surface area contributed by atoms with Gasteiger partial charge in [0.05, 0.1) is 10.7 Å². The fraction of sp³-hybridized carbons (Fsp3) is 0.192. The Morgan fingerprint density at radius 1 is 0.853 bits per heavy atom. The average Bonchev–Trinajstić information content (AvgIpc) is 2.78. The summed E-state index contributed by atoms with van der Waals surface area (Å²) in [6, 6.07) is 19.8. The van der Waals surface area contributed by atoms with Gasteiger partial charge >= 0.3 is 0 Å². The van der Waals surface area contributed by atoms with E-state index in [1.54, 1.807) is 49.6 Å². The second-order valence-electron chi connectivity index (χ2n) is 8.62. The van der Waals surface area contributed by atoms with Crippen molar-refractivity contribution >= 4 is 63.1 Å². The molecule has 0 aromatic heterocycles. The number of halogens is 1. The monoisotopic (exact) mass is 587 g/mol. The number of ether oxygens (including phenoxy) is 1. The molecular weight excluding hydrogens is 561 g/mol. The standard InChI is InChI=1S/C26H26IN3O3S/c1-26(2,3)18-11-8-16(9-12-18)23(31)28-19-6-5-7-20(15-19)29-25(34)30-24(32)17-10-13-22(33-4)21(27)14-17/h5-15H,1-4H3,(H,28,31)(H2,29,30,32,34). The second-order valence-corrected chi connectivity index (χ2v) is 10.2. The highest BCUT2D eigenvalue weighted by Crippen LogP contribution is 2.23. The predicted octanol–water partition coefficient (Wildman–Crippen LogP) is 5.98. The zero-order chi connectivity index (χ0) is 24.9. The lowest BCUT2D eigenvalue weighted by Crippen LogP contribution is -2.34. The topological polar surface area (TPSA) is 79.5 Å². The normalized spacial score (nSPS) is 10.9. The molecule has 0 radical (unpaired) electrons. The van der Waals surface area contributed by atoms with Gasteiger partial charge in [-0.1, -0.05) is 39.0 Å². The Kier molecular flexibility index (Phi) is 8.27. The number of anilines is 2. The highest BCUT2D eigenvalue weighted by molar-refractivity contribution is 14.1. The number of methoxy groups -OCH3 is 1. The molecule has 0 aliphatic rings. The highest BCUT2D eigenvalue weighted by atomic mass is 127. The van der Waals surface area contributed by atoms with Gasteiger partial charge < -0.3 is 15.4 Å².